The molecule has 2 heterocycles. The number of thiophene rings is 1. The van der Waals surface area contributed by atoms with Crippen LogP contribution in [0.2, 0.25) is 5.02 Å². The summed E-state index contributed by atoms with van der Waals surface area (Å²) >= 11 is 8.31. The maximum absolute atomic E-state index is 12.4. The fraction of sp³-hybridized carbons (Fsp3) is 0.0625. The number of carbonyl (C=O) groups is 2. The molecular formula is C16H12ClN3O2S2. The van der Waals surface area contributed by atoms with E-state index in [0.717, 1.165) is 11.3 Å². The molecule has 0 aliphatic rings. The first kappa shape index (κ1) is 16.6. The number of hydrogen-bond acceptors (Lipinski definition) is 5. The smallest absolute Gasteiger partial charge is 0.267 e. The van der Waals surface area contributed by atoms with Crippen molar-refractivity contribution in [1.29, 1.82) is 0 Å². The molecule has 1 aromatic carbocycles. The van der Waals surface area contributed by atoms with Crippen molar-refractivity contribution in [1.82, 2.24) is 4.98 Å². The van der Waals surface area contributed by atoms with Gasteiger partial charge in [0.15, 0.2) is 5.13 Å². The van der Waals surface area contributed by atoms with Crippen molar-refractivity contribution in [3.63, 3.8) is 0 Å². The lowest BCUT2D eigenvalue weighted by atomic mass is 10.3. The zero-order chi connectivity index (χ0) is 17.1. The van der Waals surface area contributed by atoms with Crippen LogP contribution < -0.4 is 10.6 Å². The molecule has 8 heteroatoms. The molecule has 0 bridgehead atoms. The third kappa shape index (κ3) is 3.81. The number of anilines is 2. The van der Waals surface area contributed by atoms with Gasteiger partial charge in [-0.2, -0.15) is 0 Å². The average Bonchev–Trinajstić information content (AvgIpc) is 3.19. The predicted molar refractivity (Wildman–Crippen MR) is 98.5 cm³/mol. The van der Waals surface area contributed by atoms with E-state index in [1.165, 1.54) is 11.3 Å². The summed E-state index contributed by atoms with van der Waals surface area (Å²) in [6.07, 6.45) is 0. The second-order valence-electron chi connectivity index (χ2n) is 4.83. The van der Waals surface area contributed by atoms with E-state index < -0.39 is 0 Å². The Labute approximate surface area is 151 Å². The first-order valence-corrected chi connectivity index (χ1v) is 8.99. The Morgan fingerprint density at radius 2 is 1.83 bits per heavy atom. The molecule has 5 nitrogen and oxygen atoms in total. The van der Waals surface area contributed by atoms with Gasteiger partial charge in [-0.25, -0.2) is 4.98 Å². The summed E-state index contributed by atoms with van der Waals surface area (Å²) < 4.78 is 0. The summed E-state index contributed by atoms with van der Waals surface area (Å²) in [6, 6.07) is 10.4. The summed E-state index contributed by atoms with van der Waals surface area (Å²) in [4.78, 5) is 29.7. The van der Waals surface area contributed by atoms with E-state index in [9.17, 15) is 9.59 Å². The topological polar surface area (TPSA) is 71.1 Å². The van der Waals surface area contributed by atoms with Crippen LogP contribution in [-0.2, 0) is 0 Å². The van der Waals surface area contributed by atoms with E-state index in [-0.39, 0.29) is 11.8 Å². The van der Waals surface area contributed by atoms with Crippen molar-refractivity contribution >= 4 is 56.9 Å². The largest absolute Gasteiger partial charge is 0.321 e. The van der Waals surface area contributed by atoms with Gasteiger partial charge >= 0.3 is 0 Å². The van der Waals surface area contributed by atoms with Crippen molar-refractivity contribution in [2.45, 2.75) is 6.92 Å². The van der Waals surface area contributed by atoms with Crippen LogP contribution in [0, 0.1) is 6.92 Å². The van der Waals surface area contributed by atoms with Crippen LogP contribution in [-0.4, -0.2) is 16.8 Å². The quantitative estimate of drug-likeness (QED) is 0.693. The van der Waals surface area contributed by atoms with Crippen molar-refractivity contribution in [3.05, 3.63) is 62.2 Å². The van der Waals surface area contributed by atoms with Crippen LogP contribution in [0.25, 0.3) is 0 Å². The molecule has 0 saturated carbocycles. The lowest BCUT2D eigenvalue weighted by Crippen LogP contribution is -2.11. The molecule has 0 unspecified atom stereocenters. The number of benzene rings is 1. The van der Waals surface area contributed by atoms with Gasteiger partial charge in [-0.15, -0.1) is 11.3 Å². The minimum absolute atomic E-state index is 0.233. The van der Waals surface area contributed by atoms with Gasteiger partial charge in [0.05, 0.1) is 10.6 Å². The van der Waals surface area contributed by atoms with Crippen molar-refractivity contribution in [3.8, 4) is 0 Å². The van der Waals surface area contributed by atoms with E-state index in [1.54, 1.807) is 43.3 Å². The van der Waals surface area contributed by atoms with Crippen LogP contribution >= 0.6 is 34.3 Å². The van der Waals surface area contributed by atoms with E-state index in [2.05, 4.69) is 15.6 Å². The fourth-order valence-electron chi connectivity index (χ4n) is 1.95. The number of nitrogens with one attached hydrogen (secondary N) is 2. The summed E-state index contributed by atoms with van der Waals surface area (Å²) in [5.41, 5.74) is 1.20. The highest BCUT2D eigenvalue weighted by Crippen LogP contribution is 2.25. The number of aromatic nitrogens is 1. The molecule has 24 heavy (non-hydrogen) atoms. The Hall–Kier alpha value is -2.22. The van der Waals surface area contributed by atoms with Crippen LogP contribution in [0.3, 0.4) is 0 Å². The molecule has 2 N–H and O–H groups in total. The van der Waals surface area contributed by atoms with Gasteiger partial charge in [0, 0.05) is 10.7 Å². The van der Waals surface area contributed by atoms with E-state index in [4.69, 9.17) is 11.6 Å². The maximum atomic E-state index is 12.4. The third-order valence-corrected chi connectivity index (χ3v) is 5.26. The molecule has 122 valence electrons. The predicted octanol–water partition coefficient (Wildman–Crippen LogP) is 4.67. The Kier molecular flexibility index (Phi) is 4.94. The number of thiazole rings is 1. The SMILES string of the molecule is Cc1nc(NC(=O)c2cccs2)sc1C(=O)Nc1ccc(Cl)cc1. The van der Waals surface area contributed by atoms with Crippen LogP contribution in [0.15, 0.2) is 41.8 Å². The number of halogens is 1. The Morgan fingerprint density at radius 1 is 1.08 bits per heavy atom. The lowest BCUT2D eigenvalue weighted by Gasteiger charge is -2.03. The van der Waals surface area contributed by atoms with E-state index >= 15 is 0 Å². The standard InChI is InChI=1S/C16H12ClN3O2S2/c1-9-13(15(22)19-11-6-4-10(17)5-7-11)24-16(18-9)20-14(21)12-3-2-8-23-12/h2-8H,1H3,(H,19,22)(H,18,20,21). The molecule has 3 rings (SSSR count). The molecule has 0 radical (unpaired) electrons. The second kappa shape index (κ2) is 7.12. The average molecular weight is 378 g/mol. The molecule has 0 saturated heterocycles. The minimum Gasteiger partial charge on any atom is -0.321 e. The fourth-order valence-corrected chi connectivity index (χ4v) is 3.55. The number of rotatable bonds is 4. The van der Waals surface area contributed by atoms with Gasteiger partial charge in [-0.1, -0.05) is 29.0 Å². The Balaban J connectivity index is 1.72. The van der Waals surface area contributed by atoms with Crippen molar-refractivity contribution in [2.75, 3.05) is 10.6 Å². The molecule has 0 aliphatic heterocycles. The molecule has 2 aromatic heterocycles. The summed E-state index contributed by atoms with van der Waals surface area (Å²) in [5, 5.41) is 8.32. The molecular weight excluding hydrogens is 366 g/mol. The zero-order valence-electron chi connectivity index (χ0n) is 12.5. The van der Waals surface area contributed by atoms with Gasteiger partial charge in [-0.3, -0.25) is 14.9 Å². The normalized spacial score (nSPS) is 10.4. The maximum Gasteiger partial charge on any atom is 0.267 e. The Morgan fingerprint density at radius 3 is 2.50 bits per heavy atom. The van der Waals surface area contributed by atoms with Crippen molar-refractivity contribution in [2.24, 2.45) is 0 Å². The lowest BCUT2D eigenvalue weighted by molar-refractivity contribution is 0.102. The van der Waals surface area contributed by atoms with E-state index in [1.807, 2.05) is 5.38 Å². The molecule has 3 aromatic rings. The zero-order valence-corrected chi connectivity index (χ0v) is 14.9. The van der Waals surface area contributed by atoms with Gasteiger partial charge in [0.1, 0.15) is 4.88 Å². The monoisotopic (exact) mass is 377 g/mol. The summed E-state index contributed by atoms with van der Waals surface area (Å²) in [7, 11) is 0. The minimum atomic E-state index is -0.274. The molecule has 0 fully saturated rings. The van der Waals surface area contributed by atoms with Crippen LogP contribution in [0.4, 0.5) is 10.8 Å². The first-order chi connectivity index (χ1) is 11.5. The molecule has 2 amide bonds. The van der Waals surface area contributed by atoms with Gasteiger partial charge < -0.3 is 5.32 Å². The highest BCUT2D eigenvalue weighted by Gasteiger charge is 2.17. The number of hydrogen-bond donors (Lipinski definition) is 2. The van der Waals surface area contributed by atoms with Crippen LogP contribution in [0.1, 0.15) is 25.0 Å². The number of aryl methyl sites for hydroxylation is 1. The second-order valence-corrected chi connectivity index (χ2v) is 7.21. The van der Waals surface area contributed by atoms with Gasteiger partial charge in [0.2, 0.25) is 0 Å². The highest BCUT2D eigenvalue weighted by atomic mass is 35.5. The first-order valence-electron chi connectivity index (χ1n) is 6.92. The molecule has 0 spiro atoms. The number of nitrogens with zero attached hydrogens (tertiary/aromatic N) is 1. The van der Waals surface area contributed by atoms with Gasteiger partial charge in [-0.05, 0) is 42.6 Å². The molecule has 0 aliphatic carbocycles. The summed E-state index contributed by atoms with van der Waals surface area (Å²) in [5.74, 6) is -0.507. The number of carbonyl (C=O) groups excluding carboxylic acids is 2. The molecule has 0 atom stereocenters. The van der Waals surface area contributed by atoms with Crippen LogP contribution in [0.5, 0.6) is 0 Å². The summed E-state index contributed by atoms with van der Waals surface area (Å²) in [6.45, 7) is 1.73. The van der Waals surface area contributed by atoms with E-state index in [0.29, 0.717) is 31.3 Å². The highest BCUT2D eigenvalue weighted by molar-refractivity contribution is 7.18. The third-order valence-electron chi connectivity index (χ3n) is 3.07. The Bertz CT molecular complexity index is 873. The van der Waals surface area contributed by atoms with Crippen molar-refractivity contribution < 1.29 is 9.59 Å². The number of amides is 2. The van der Waals surface area contributed by atoms with Gasteiger partial charge in [0.25, 0.3) is 11.8 Å².